The van der Waals surface area contributed by atoms with E-state index in [1.54, 1.807) is 26.0 Å². The van der Waals surface area contributed by atoms with Gasteiger partial charge >= 0.3 is 0 Å². The summed E-state index contributed by atoms with van der Waals surface area (Å²) < 4.78 is 5.37. The van der Waals surface area contributed by atoms with Crippen molar-refractivity contribution in [2.75, 3.05) is 7.11 Å². The van der Waals surface area contributed by atoms with E-state index in [1.807, 2.05) is 38.3 Å². The molecule has 186 valence electrons. The zero-order chi connectivity index (χ0) is 25.4. The molecule has 0 saturated heterocycles. The molecule has 2 aliphatic rings. The van der Waals surface area contributed by atoms with Gasteiger partial charge < -0.3 is 4.74 Å². The van der Waals surface area contributed by atoms with Crippen LogP contribution in [0.3, 0.4) is 0 Å². The van der Waals surface area contributed by atoms with Gasteiger partial charge in [0.25, 0.3) is 0 Å². The Morgan fingerprint density at radius 3 is 2.17 bits per heavy atom. The summed E-state index contributed by atoms with van der Waals surface area (Å²) in [6.45, 7) is 7.36. The number of ether oxygens (including phenoxy) is 1. The fourth-order valence-electron chi connectivity index (χ4n) is 4.77. The van der Waals surface area contributed by atoms with Crippen LogP contribution in [0, 0.1) is 5.92 Å². The Balaban J connectivity index is 0.00000167. The van der Waals surface area contributed by atoms with E-state index in [4.69, 9.17) is 10.6 Å². The Morgan fingerprint density at radius 2 is 1.57 bits per heavy atom. The molecule has 0 spiro atoms. The van der Waals surface area contributed by atoms with Crippen molar-refractivity contribution in [3.05, 3.63) is 71.2 Å². The zero-order valence-corrected chi connectivity index (χ0v) is 21.8. The topological polar surface area (TPSA) is 67.9 Å². The Morgan fingerprint density at radius 1 is 0.943 bits per heavy atom. The van der Waals surface area contributed by atoms with Crippen LogP contribution in [0.5, 0.6) is 5.75 Å². The summed E-state index contributed by atoms with van der Waals surface area (Å²) in [6.07, 6.45) is 9.04. The SMILES string of the molecule is CC.COc1cccc(-c2ccc(C3=C(C4CCCCCC4)N(N)/C(=C(\C)C(C)=O)N=C3)cc2)c1. The summed E-state index contributed by atoms with van der Waals surface area (Å²) in [4.78, 5) is 16.7. The Bertz CT molecular complexity index is 1100. The normalized spacial score (nSPS) is 17.9. The number of methoxy groups -OCH3 is 1. The van der Waals surface area contributed by atoms with E-state index >= 15 is 0 Å². The highest BCUT2D eigenvalue weighted by atomic mass is 16.5. The van der Waals surface area contributed by atoms with Crippen LogP contribution >= 0.6 is 0 Å². The number of carbonyl (C=O) groups is 1. The van der Waals surface area contributed by atoms with Crippen molar-refractivity contribution < 1.29 is 9.53 Å². The van der Waals surface area contributed by atoms with Crippen LogP contribution in [0.2, 0.25) is 0 Å². The van der Waals surface area contributed by atoms with Crippen molar-refractivity contribution in [2.24, 2.45) is 16.8 Å². The largest absolute Gasteiger partial charge is 0.497 e. The maximum atomic E-state index is 12.1. The van der Waals surface area contributed by atoms with Crippen molar-refractivity contribution in [1.82, 2.24) is 5.01 Å². The second kappa shape index (κ2) is 12.5. The maximum Gasteiger partial charge on any atom is 0.159 e. The predicted octanol–water partition coefficient (Wildman–Crippen LogP) is 7.15. The summed E-state index contributed by atoms with van der Waals surface area (Å²) >= 11 is 0. The molecule has 5 nitrogen and oxygen atoms in total. The average Bonchev–Trinajstić information content (AvgIpc) is 3.19. The molecule has 1 aliphatic carbocycles. The molecular weight excluding hydrogens is 434 g/mol. The van der Waals surface area contributed by atoms with Crippen LogP contribution in [0.4, 0.5) is 0 Å². The molecule has 2 aromatic carbocycles. The molecule has 2 N–H and O–H groups in total. The smallest absolute Gasteiger partial charge is 0.159 e. The van der Waals surface area contributed by atoms with Gasteiger partial charge in [0.1, 0.15) is 5.75 Å². The van der Waals surface area contributed by atoms with E-state index < -0.39 is 0 Å². The van der Waals surface area contributed by atoms with Gasteiger partial charge in [-0.2, -0.15) is 0 Å². The lowest BCUT2D eigenvalue weighted by Gasteiger charge is -2.33. The number of allylic oxidation sites excluding steroid dienone is 3. The lowest BCUT2D eigenvalue weighted by atomic mass is 9.89. The van der Waals surface area contributed by atoms with Crippen molar-refractivity contribution in [2.45, 2.75) is 66.2 Å². The van der Waals surface area contributed by atoms with Gasteiger partial charge in [-0.1, -0.05) is 75.9 Å². The van der Waals surface area contributed by atoms with Gasteiger partial charge in [-0.15, -0.1) is 0 Å². The second-order valence-electron chi connectivity index (χ2n) is 8.93. The van der Waals surface area contributed by atoms with Crippen LogP contribution in [0.1, 0.15) is 71.8 Å². The number of nitrogens with two attached hydrogens (primary N) is 1. The number of carbonyl (C=O) groups excluding carboxylic acids is 1. The van der Waals surface area contributed by atoms with E-state index in [0.717, 1.165) is 46.6 Å². The highest BCUT2D eigenvalue weighted by Gasteiger charge is 2.29. The van der Waals surface area contributed by atoms with Gasteiger partial charge in [-0.25, -0.2) is 10.8 Å². The van der Waals surface area contributed by atoms with Crippen LogP contribution in [0.15, 0.2) is 70.6 Å². The number of hydrogen-bond donors (Lipinski definition) is 1. The van der Waals surface area contributed by atoms with Crippen LogP contribution < -0.4 is 10.6 Å². The quantitative estimate of drug-likeness (QED) is 0.284. The van der Waals surface area contributed by atoms with E-state index in [-0.39, 0.29) is 5.78 Å². The molecule has 1 heterocycles. The first-order valence-corrected chi connectivity index (χ1v) is 12.8. The van der Waals surface area contributed by atoms with Crippen molar-refractivity contribution in [3.63, 3.8) is 0 Å². The summed E-state index contributed by atoms with van der Waals surface area (Å²) in [7, 11) is 1.68. The Labute approximate surface area is 210 Å². The molecule has 1 aliphatic heterocycles. The fraction of sp³-hybridized carbons (Fsp3) is 0.400. The third-order valence-corrected chi connectivity index (χ3v) is 6.78. The standard InChI is InChI=1S/C28H33N3O2.C2H6/c1-19(20(2)32)28-30-18-26(27(31(28)29)23-9-6-4-5-7-10-23)22-15-13-21(14-16-22)24-11-8-12-25(17-24)33-3;1-2/h8,11-18,23H,4-7,9-10,29H2,1-3H3;1-2H3/b28-19+;. The number of hydrogen-bond acceptors (Lipinski definition) is 5. The predicted molar refractivity (Wildman–Crippen MR) is 146 cm³/mol. The zero-order valence-electron chi connectivity index (χ0n) is 21.8. The van der Waals surface area contributed by atoms with Gasteiger partial charge in [0, 0.05) is 29.0 Å². The molecule has 0 atom stereocenters. The molecule has 35 heavy (non-hydrogen) atoms. The summed E-state index contributed by atoms with van der Waals surface area (Å²) in [5.74, 6) is 8.40. The monoisotopic (exact) mass is 473 g/mol. The molecule has 0 unspecified atom stereocenters. The van der Waals surface area contributed by atoms with E-state index in [0.29, 0.717) is 17.3 Å². The van der Waals surface area contributed by atoms with E-state index in [2.05, 4.69) is 35.3 Å². The van der Waals surface area contributed by atoms with Crippen LogP contribution in [-0.2, 0) is 4.79 Å². The van der Waals surface area contributed by atoms with Gasteiger partial charge in [0.05, 0.1) is 7.11 Å². The van der Waals surface area contributed by atoms with Gasteiger partial charge in [0.15, 0.2) is 11.6 Å². The first-order chi connectivity index (χ1) is 17.0. The molecule has 0 radical (unpaired) electrons. The summed E-state index contributed by atoms with van der Waals surface area (Å²) in [6, 6.07) is 16.6. The lowest BCUT2D eigenvalue weighted by Crippen LogP contribution is -2.36. The minimum atomic E-state index is -0.0103. The van der Waals surface area contributed by atoms with Crippen molar-refractivity contribution in [1.29, 1.82) is 0 Å². The van der Waals surface area contributed by atoms with Gasteiger partial charge in [-0.3, -0.25) is 9.80 Å². The third kappa shape index (κ3) is 6.09. The average molecular weight is 474 g/mol. The van der Waals surface area contributed by atoms with Crippen molar-refractivity contribution in [3.8, 4) is 16.9 Å². The fourth-order valence-corrected chi connectivity index (χ4v) is 4.77. The number of aliphatic imine (C=N–C) groups is 1. The highest BCUT2D eigenvalue weighted by molar-refractivity contribution is 6.12. The minimum absolute atomic E-state index is 0.0103. The molecule has 1 saturated carbocycles. The van der Waals surface area contributed by atoms with Gasteiger partial charge in [-0.05, 0) is 55.5 Å². The minimum Gasteiger partial charge on any atom is -0.497 e. The molecule has 1 fully saturated rings. The van der Waals surface area contributed by atoms with Crippen LogP contribution in [-0.4, -0.2) is 24.1 Å². The van der Waals surface area contributed by atoms with Crippen LogP contribution in [0.25, 0.3) is 16.7 Å². The number of nitrogens with zero attached hydrogens (tertiary/aromatic N) is 2. The number of ketones is 1. The molecule has 2 aromatic rings. The molecule has 0 bridgehead atoms. The Kier molecular flexibility index (Phi) is 9.44. The first-order valence-electron chi connectivity index (χ1n) is 12.8. The maximum absolute atomic E-state index is 12.1. The molecule has 5 heteroatoms. The lowest BCUT2D eigenvalue weighted by molar-refractivity contribution is -0.113. The number of Topliss-reactive ketones (excluding diaryl/α,β-unsaturated/α-hetero) is 1. The van der Waals surface area contributed by atoms with E-state index in [1.165, 1.54) is 25.7 Å². The molecular formula is C30H39N3O2. The summed E-state index contributed by atoms with van der Waals surface area (Å²) in [5, 5.41) is 1.68. The van der Waals surface area contributed by atoms with Crippen molar-refractivity contribution >= 4 is 17.6 Å². The Hall–Kier alpha value is -3.18. The molecule has 4 rings (SSSR count). The molecule has 0 amide bonds. The van der Waals surface area contributed by atoms with E-state index in [9.17, 15) is 4.79 Å². The second-order valence-corrected chi connectivity index (χ2v) is 8.93. The first kappa shape index (κ1) is 26.4. The number of hydrazine groups is 1. The molecule has 0 aromatic heterocycles. The third-order valence-electron chi connectivity index (χ3n) is 6.78. The number of benzene rings is 2. The van der Waals surface area contributed by atoms with Gasteiger partial charge in [0.2, 0.25) is 0 Å². The highest BCUT2D eigenvalue weighted by Crippen LogP contribution is 2.38. The summed E-state index contributed by atoms with van der Waals surface area (Å²) in [5.41, 5.74) is 6.03. The number of rotatable bonds is 5.